The Morgan fingerprint density at radius 3 is 2.29 bits per heavy atom. The Balaban J connectivity index is 2.22. The smallest absolute Gasteiger partial charge is 0.254 e. The van der Waals surface area contributed by atoms with E-state index < -0.39 is 0 Å². The van der Waals surface area contributed by atoms with Gasteiger partial charge in [0.1, 0.15) is 11.5 Å². The molecule has 116 valence electrons. The van der Waals surface area contributed by atoms with Gasteiger partial charge in [0.05, 0.1) is 14.2 Å². The van der Waals surface area contributed by atoms with Crippen molar-refractivity contribution in [3.63, 3.8) is 0 Å². The molecule has 2 N–H and O–H groups in total. The van der Waals surface area contributed by atoms with E-state index >= 15 is 0 Å². The summed E-state index contributed by atoms with van der Waals surface area (Å²) in [5, 5.41) is 0. The van der Waals surface area contributed by atoms with Crippen LogP contribution in [0.4, 0.5) is 0 Å². The highest BCUT2D eigenvalue weighted by molar-refractivity contribution is 5.95. The molecule has 1 saturated carbocycles. The highest BCUT2D eigenvalue weighted by atomic mass is 16.5. The van der Waals surface area contributed by atoms with Crippen LogP contribution in [0.2, 0.25) is 0 Å². The van der Waals surface area contributed by atoms with Crippen molar-refractivity contribution in [3.05, 3.63) is 23.8 Å². The fourth-order valence-corrected chi connectivity index (χ4v) is 2.51. The van der Waals surface area contributed by atoms with E-state index in [-0.39, 0.29) is 5.91 Å². The first kappa shape index (κ1) is 15.6. The largest absolute Gasteiger partial charge is 0.497 e. The normalized spacial score (nSPS) is 14.4. The third kappa shape index (κ3) is 3.67. The molecule has 0 unspecified atom stereocenters. The van der Waals surface area contributed by atoms with Gasteiger partial charge < -0.3 is 20.1 Å². The summed E-state index contributed by atoms with van der Waals surface area (Å²) in [6.07, 6.45) is 4.18. The second-order valence-electron chi connectivity index (χ2n) is 5.33. The van der Waals surface area contributed by atoms with Crippen LogP contribution in [-0.2, 0) is 0 Å². The highest BCUT2D eigenvalue weighted by Crippen LogP contribution is 2.29. The van der Waals surface area contributed by atoms with Gasteiger partial charge in [-0.3, -0.25) is 4.79 Å². The van der Waals surface area contributed by atoms with Gasteiger partial charge in [0.15, 0.2) is 0 Å². The first-order valence-electron chi connectivity index (χ1n) is 7.43. The SMILES string of the molecule is COc1cc(OC)cc(C(=O)N(CCCN)C2CCC2)c1. The van der Waals surface area contributed by atoms with Crippen LogP contribution in [0.25, 0.3) is 0 Å². The van der Waals surface area contributed by atoms with Crippen LogP contribution < -0.4 is 15.2 Å². The molecule has 2 rings (SSSR count). The summed E-state index contributed by atoms with van der Waals surface area (Å²) in [6, 6.07) is 5.64. The van der Waals surface area contributed by atoms with E-state index in [4.69, 9.17) is 15.2 Å². The average molecular weight is 292 g/mol. The van der Waals surface area contributed by atoms with Crippen molar-refractivity contribution in [2.75, 3.05) is 27.3 Å². The van der Waals surface area contributed by atoms with Gasteiger partial charge in [-0.25, -0.2) is 0 Å². The van der Waals surface area contributed by atoms with Gasteiger partial charge in [-0.2, -0.15) is 0 Å². The van der Waals surface area contributed by atoms with Crippen molar-refractivity contribution in [3.8, 4) is 11.5 Å². The first-order valence-corrected chi connectivity index (χ1v) is 7.43. The van der Waals surface area contributed by atoms with Crippen LogP contribution in [0.1, 0.15) is 36.0 Å². The van der Waals surface area contributed by atoms with Crippen LogP contribution in [0.5, 0.6) is 11.5 Å². The van der Waals surface area contributed by atoms with Gasteiger partial charge in [-0.15, -0.1) is 0 Å². The maximum Gasteiger partial charge on any atom is 0.254 e. The van der Waals surface area contributed by atoms with Crippen molar-refractivity contribution in [2.24, 2.45) is 5.73 Å². The van der Waals surface area contributed by atoms with Crippen molar-refractivity contribution in [1.82, 2.24) is 4.90 Å². The zero-order chi connectivity index (χ0) is 15.2. The second kappa shape index (κ2) is 7.31. The van der Waals surface area contributed by atoms with Gasteiger partial charge in [-0.05, 0) is 44.4 Å². The quantitative estimate of drug-likeness (QED) is 0.835. The van der Waals surface area contributed by atoms with Gasteiger partial charge in [0, 0.05) is 24.2 Å². The molecule has 1 aliphatic rings. The van der Waals surface area contributed by atoms with Crippen molar-refractivity contribution < 1.29 is 14.3 Å². The molecule has 0 atom stereocenters. The first-order chi connectivity index (χ1) is 10.2. The monoisotopic (exact) mass is 292 g/mol. The minimum Gasteiger partial charge on any atom is -0.497 e. The molecule has 1 amide bonds. The van der Waals surface area contributed by atoms with Crippen LogP contribution in [-0.4, -0.2) is 44.2 Å². The highest BCUT2D eigenvalue weighted by Gasteiger charge is 2.29. The molecular formula is C16H24N2O3. The fourth-order valence-electron chi connectivity index (χ4n) is 2.51. The Bertz CT molecular complexity index is 464. The molecule has 21 heavy (non-hydrogen) atoms. The van der Waals surface area contributed by atoms with Crippen LogP contribution in [0.15, 0.2) is 18.2 Å². The standard InChI is InChI=1S/C16H24N2O3/c1-20-14-9-12(10-15(11-14)21-2)16(19)18(8-4-7-17)13-5-3-6-13/h9-11,13H,3-8,17H2,1-2H3. The van der Waals surface area contributed by atoms with Crippen LogP contribution >= 0.6 is 0 Å². The number of carbonyl (C=O) groups is 1. The van der Waals surface area contributed by atoms with E-state index in [1.54, 1.807) is 32.4 Å². The Morgan fingerprint density at radius 1 is 1.24 bits per heavy atom. The Kier molecular flexibility index (Phi) is 5.44. The van der Waals surface area contributed by atoms with E-state index in [1.807, 2.05) is 4.90 Å². The molecule has 1 fully saturated rings. The van der Waals surface area contributed by atoms with E-state index in [0.29, 0.717) is 36.2 Å². The maximum atomic E-state index is 12.8. The summed E-state index contributed by atoms with van der Waals surface area (Å²) < 4.78 is 10.5. The Labute approximate surface area is 126 Å². The van der Waals surface area contributed by atoms with Gasteiger partial charge in [-0.1, -0.05) is 0 Å². The molecule has 1 aromatic carbocycles. The number of rotatable bonds is 7. The van der Waals surface area contributed by atoms with Crippen LogP contribution in [0.3, 0.4) is 0 Å². The molecular weight excluding hydrogens is 268 g/mol. The molecule has 1 aliphatic carbocycles. The number of nitrogens with zero attached hydrogens (tertiary/aromatic N) is 1. The lowest BCUT2D eigenvalue weighted by atomic mass is 9.90. The summed E-state index contributed by atoms with van der Waals surface area (Å²) in [7, 11) is 3.17. The molecule has 0 saturated heterocycles. The van der Waals surface area contributed by atoms with E-state index in [9.17, 15) is 4.79 Å². The Morgan fingerprint density at radius 2 is 1.86 bits per heavy atom. The number of hydrogen-bond acceptors (Lipinski definition) is 4. The maximum absolute atomic E-state index is 12.8. The predicted molar refractivity (Wildman–Crippen MR) is 81.9 cm³/mol. The number of methoxy groups -OCH3 is 2. The Hall–Kier alpha value is -1.75. The number of nitrogens with two attached hydrogens (primary N) is 1. The average Bonchev–Trinajstić information content (AvgIpc) is 2.48. The summed E-state index contributed by atoms with van der Waals surface area (Å²) in [4.78, 5) is 14.7. The summed E-state index contributed by atoms with van der Waals surface area (Å²) in [6.45, 7) is 1.30. The predicted octanol–water partition coefficient (Wildman–Crippen LogP) is 2.05. The summed E-state index contributed by atoms with van der Waals surface area (Å²) in [5.41, 5.74) is 6.20. The van der Waals surface area contributed by atoms with Crippen molar-refractivity contribution in [1.29, 1.82) is 0 Å². The number of hydrogen-bond donors (Lipinski definition) is 1. The minimum absolute atomic E-state index is 0.0327. The lowest BCUT2D eigenvalue weighted by Crippen LogP contribution is -2.45. The van der Waals surface area contributed by atoms with Gasteiger partial charge >= 0.3 is 0 Å². The molecule has 0 bridgehead atoms. The second-order valence-corrected chi connectivity index (χ2v) is 5.33. The molecule has 0 aliphatic heterocycles. The van der Waals surface area contributed by atoms with Crippen LogP contribution in [0, 0.1) is 0 Å². The van der Waals surface area contributed by atoms with Crippen molar-refractivity contribution in [2.45, 2.75) is 31.7 Å². The number of carbonyl (C=O) groups excluding carboxylic acids is 1. The number of benzene rings is 1. The van der Waals surface area contributed by atoms with Gasteiger partial charge in [0.2, 0.25) is 0 Å². The molecule has 0 radical (unpaired) electrons. The third-order valence-electron chi connectivity index (χ3n) is 3.98. The molecule has 5 nitrogen and oxygen atoms in total. The summed E-state index contributed by atoms with van der Waals surface area (Å²) in [5.74, 6) is 1.29. The molecule has 0 heterocycles. The number of ether oxygens (including phenoxy) is 2. The fraction of sp³-hybridized carbons (Fsp3) is 0.562. The lowest BCUT2D eigenvalue weighted by Gasteiger charge is -2.37. The van der Waals surface area contributed by atoms with Gasteiger partial charge in [0.25, 0.3) is 5.91 Å². The molecule has 0 spiro atoms. The minimum atomic E-state index is 0.0327. The number of amides is 1. The third-order valence-corrected chi connectivity index (χ3v) is 3.98. The lowest BCUT2D eigenvalue weighted by molar-refractivity contribution is 0.0577. The van der Waals surface area contributed by atoms with E-state index in [1.165, 1.54) is 6.42 Å². The molecule has 5 heteroatoms. The topological polar surface area (TPSA) is 64.8 Å². The molecule has 1 aromatic rings. The van der Waals surface area contributed by atoms with E-state index in [0.717, 1.165) is 19.3 Å². The summed E-state index contributed by atoms with van der Waals surface area (Å²) >= 11 is 0. The zero-order valence-corrected chi connectivity index (χ0v) is 12.8. The molecule has 0 aromatic heterocycles. The van der Waals surface area contributed by atoms with Crippen molar-refractivity contribution >= 4 is 5.91 Å². The van der Waals surface area contributed by atoms with E-state index in [2.05, 4.69) is 0 Å². The zero-order valence-electron chi connectivity index (χ0n) is 12.8.